The number of phenols is 1. The monoisotopic (exact) mass is 627 g/mol. The van der Waals surface area contributed by atoms with Crippen molar-refractivity contribution in [3.63, 3.8) is 0 Å². The summed E-state index contributed by atoms with van der Waals surface area (Å²) in [5, 5.41) is 15.6. The molecular weight excluding hydrogens is 605 g/mol. The molecule has 1 unspecified atom stereocenters. The van der Waals surface area contributed by atoms with Gasteiger partial charge in [-0.15, -0.1) is 0 Å². The fraction of sp³-hybridized carbons (Fsp3) is 0.167. The van der Waals surface area contributed by atoms with Gasteiger partial charge in [-0.3, -0.25) is 9.59 Å². The predicted molar refractivity (Wildman–Crippen MR) is 144 cm³/mol. The highest BCUT2D eigenvalue weighted by molar-refractivity contribution is 14.1. The first-order valence-electron chi connectivity index (χ1n) is 10.4. The van der Waals surface area contributed by atoms with Crippen LogP contribution in [-0.2, 0) is 14.8 Å². The van der Waals surface area contributed by atoms with Gasteiger partial charge >= 0.3 is 0 Å². The second-order valence-corrected chi connectivity index (χ2v) is 11.2. The Hall–Kier alpha value is -2.67. The first kappa shape index (κ1) is 26.9. The summed E-state index contributed by atoms with van der Waals surface area (Å²) < 4.78 is 28.2. The number of aromatic hydroxyl groups is 1. The Labute approximate surface area is 222 Å². The van der Waals surface area contributed by atoms with Crippen LogP contribution in [0.5, 0.6) is 5.75 Å². The van der Waals surface area contributed by atoms with Crippen molar-refractivity contribution in [2.24, 2.45) is 0 Å². The van der Waals surface area contributed by atoms with Gasteiger partial charge in [0.2, 0.25) is 15.9 Å². The van der Waals surface area contributed by atoms with E-state index in [0.717, 1.165) is 9.13 Å². The lowest BCUT2D eigenvalue weighted by molar-refractivity contribution is -0.116. The van der Waals surface area contributed by atoms with Gasteiger partial charge in [-0.05, 0) is 66.8 Å². The zero-order valence-corrected chi connectivity index (χ0v) is 22.5. The standard InChI is InChI=1S/C24H23ClIN3O5S/c1-14-7-9-16(10-8-14)35(33,34)29-15(2)11-23(31)27-20-13-22(30)21(12-18(20)25)28-24(32)17-5-3-4-6-19(17)26/h3-10,12-13,15,29-30H,11H2,1-2H3,(H,27,31)(H,28,32). The van der Waals surface area contributed by atoms with Gasteiger partial charge in [-0.25, -0.2) is 13.1 Å². The van der Waals surface area contributed by atoms with Gasteiger partial charge in [0.25, 0.3) is 5.91 Å². The molecule has 0 aliphatic carbocycles. The summed E-state index contributed by atoms with van der Waals surface area (Å²) in [7, 11) is -3.79. The summed E-state index contributed by atoms with van der Waals surface area (Å²) in [5.41, 5.74) is 1.56. The summed E-state index contributed by atoms with van der Waals surface area (Å²) >= 11 is 8.29. The number of amides is 2. The zero-order valence-electron chi connectivity index (χ0n) is 18.8. The highest BCUT2D eigenvalue weighted by Gasteiger charge is 2.20. The van der Waals surface area contributed by atoms with Crippen LogP contribution < -0.4 is 15.4 Å². The lowest BCUT2D eigenvalue weighted by Crippen LogP contribution is -2.35. The third-order valence-electron chi connectivity index (χ3n) is 4.91. The molecule has 3 aromatic carbocycles. The molecule has 3 aromatic rings. The molecule has 3 rings (SSSR count). The maximum absolute atomic E-state index is 12.5. The van der Waals surface area contributed by atoms with Gasteiger partial charge in [0.1, 0.15) is 5.75 Å². The molecule has 8 nitrogen and oxygen atoms in total. The van der Waals surface area contributed by atoms with E-state index in [4.69, 9.17) is 11.6 Å². The highest BCUT2D eigenvalue weighted by atomic mass is 127. The van der Waals surface area contributed by atoms with Crippen molar-refractivity contribution in [3.8, 4) is 5.75 Å². The molecule has 2 amide bonds. The number of anilines is 2. The van der Waals surface area contributed by atoms with E-state index in [-0.39, 0.29) is 33.5 Å². The molecule has 0 aliphatic heterocycles. The molecule has 0 fully saturated rings. The summed E-state index contributed by atoms with van der Waals surface area (Å²) in [6, 6.07) is 15.2. The second-order valence-electron chi connectivity index (χ2n) is 7.87. The van der Waals surface area contributed by atoms with E-state index >= 15 is 0 Å². The van der Waals surface area contributed by atoms with Crippen molar-refractivity contribution in [1.29, 1.82) is 0 Å². The van der Waals surface area contributed by atoms with E-state index in [2.05, 4.69) is 15.4 Å². The zero-order chi connectivity index (χ0) is 25.8. The Bertz CT molecular complexity index is 1360. The maximum Gasteiger partial charge on any atom is 0.256 e. The molecule has 0 bridgehead atoms. The number of nitrogens with one attached hydrogen (secondary N) is 3. The molecule has 0 spiro atoms. The third kappa shape index (κ3) is 7.17. The van der Waals surface area contributed by atoms with E-state index in [0.29, 0.717) is 5.56 Å². The number of benzene rings is 3. The van der Waals surface area contributed by atoms with Crippen molar-refractivity contribution in [2.45, 2.75) is 31.2 Å². The number of halogens is 2. The molecule has 0 aromatic heterocycles. The molecule has 4 N–H and O–H groups in total. The van der Waals surface area contributed by atoms with Gasteiger partial charge in [-0.1, -0.05) is 41.4 Å². The maximum atomic E-state index is 12.5. The Morgan fingerprint density at radius 1 is 1.03 bits per heavy atom. The number of hydrogen-bond donors (Lipinski definition) is 4. The van der Waals surface area contributed by atoms with Crippen molar-refractivity contribution < 1.29 is 23.1 Å². The third-order valence-corrected chi connectivity index (χ3v) is 7.76. The van der Waals surface area contributed by atoms with Crippen LogP contribution in [0.2, 0.25) is 5.02 Å². The molecular formula is C24H23ClIN3O5S. The van der Waals surface area contributed by atoms with Crippen LogP contribution in [0.25, 0.3) is 0 Å². The van der Waals surface area contributed by atoms with Crippen LogP contribution in [-0.4, -0.2) is 31.4 Å². The largest absolute Gasteiger partial charge is 0.506 e. The molecule has 1 atom stereocenters. The van der Waals surface area contributed by atoms with Gasteiger partial charge in [-0.2, -0.15) is 0 Å². The lowest BCUT2D eigenvalue weighted by atomic mass is 10.2. The second kappa shape index (κ2) is 11.4. The predicted octanol–water partition coefficient (Wildman–Crippen LogP) is 4.91. The molecule has 0 saturated carbocycles. The minimum absolute atomic E-state index is 0.0804. The van der Waals surface area contributed by atoms with Crippen molar-refractivity contribution in [3.05, 3.63) is 80.4 Å². The van der Waals surface area contributed by atoms with E-state index in [1.807, 2.05) is 29.5 Å². The van der Waals surface area contributed by atoms with E-state index in [9.17, 15) is 23.1 Å². The van der Waals surface area contributed by atoms with Gasteiger partial charge in [0.05, 0.1) is 26.9 Å². The number of hydrogen-bond acceptors (Lipinski definition) is 5. The van der Waals surface area contributed by atoms with Crippen molar-refractivity contribution in [2.75, 3.05) is 10.6 Å². The van der Waals surface area contributed by atoms with Crippen molar-refractivity contribution in [1.82, 2.24) is 4.72 Å². The number of rotatable bonds is 8. The minimum atomic E-state index is -3.79. The quantitative estimate of drug-likeness (QED) is 0.209. The topological polar surface area (TPSA) is 125 Å². The van der Waals surface area contributed by atoms with Crippen LogP contribution in [0.15, 0.2) is 65.6 Å². The molecule has 35 heavy (non-hydrogen) atoms. The number of carbonyl (C=O) groups excluding carboxylic acids is 2. The number of aryl methyl sites for hydroxylation is 1. The Kier molecular flexibility index (Phi) is 8.75. The highest BCUT2D eigenvalue weighted by Crippen LogP contribution is 2.34. The molecule has 0 aliphatic rings. The minimum Gasteiger partial charge on any atom is -0.506 e. The van der Waals surface area contributed by atoms with Crippen LogP contribution in [0.1, 0.15) is 29.3 Å². The summed E-state index contributed by atoms with van der Waals surface area (Å²) in [6.07, 6.45) is -0.173. The normalized spacial score (nSPS) is 12.1. The Balaban J connectivity index is 1.64. The number of sulfonamides is 1. The lowest BCUT2D eigenvalue weighted by Gasteiger charge is -2.16. The SMILES string of the molecule is Cc1ccc(S(=O)(=O)NC(C)CC(=O)Nc2cc(O)c(NC(=O)c3ccccc3I)cc2Cl)cc1. The summed E-state index contributed by atoms with van der Waals surface area (Å²) in [5.74, 6) is -1.23. The van der Waals surface area contributed by atoms with E-state index in [1.165, 1.54) is 24.3 Å². The van der Waals surface area contributed by atoms with E-state index < -0.39 is 27.9 Å². The van der Waals surface area contributed by atoms with Crippen LogP contribution >= 0.6 is 34.2 Å². The fourth-order valence-electron chi connectivity index (χ4n) is 3.16. The molecule has 0 radical (unpaired) electrons. The first-order valence-corrected chi connectivity index (χ1v) is 13.4. The first-order chi connectivity index (χ1) is 16.5. The van der Waals surface area contributed by atoms with Crippen LogP contribution in [0.4, 0.5) is 11.4 Å². The van der Waals surface area contributed by atoms with Gasteiger partial charge < -0.3 is 15.7 Å². The fourth-order valence-corrected chi connectivity index (χ4v) is 5.25. The molecule has 184 valence electrons. The average molecular weight is 628 g/mol. The Morgan fingerprint density at radius 2 is 1.69 bits per heavy atom. The number of carbonyl (C=O) groups is 2. The van der Waals surface area contributed by atoms with Gasteiger partial charge in [0, 0.05) is 22.1 Å². The van der Waals surface area contributed by atoms with Crippen LogP contribution in [0.3, 0.4) is 0 Å². The van der Waals surface area contributed by atoms with Gasteiger partial charge in [0.15, 0.2) is 0 Å². The molecule has 11 heteroatoms. The summed E-state index contributed by atoms with van der Waals surface area (Å²) in [4.78, 5) is 25.1. The van der Waals surface area contributed by atoms with E-state index in [1.54, 1.807) is 43.3 Å². The number of phenolic OH excluding ortho intramolecular Hbond substituents is 1. The smallest absolute Gasteiger partial charge is 0.256 e. The van der Waals surface area contributed by atoms with Crippen LogP contribution in [0, 0.1) is 10.5 Å². The van der Waals surface area contributed by atoms with Crippen molar-refractivity contribution >= 4 is 67.4 Å². The summed E-state index contributed by atoms with van der Waals surface area (Å²) in [6.45, 7) is 3.41. The molecule has 0 saturated heterocycles. The average Bonchev–Trinajstić information content (AvgIpc) is 2.77. The Morgan fingerprint density at radius 3 is 2.34 bits per heavy atom. The molecule has 0 heterocycles.